The van der Waals surface area contributed by atoms with Gasteiger partial charge in [0.1, 0.15) is 30.7 Å². The van der Waals surface area contributed by atoms with Gasteiger partial charge in [0.15, 0.2) is 12.3 Å². The Morgan fingerprint density at radius 2 is 1.40 bits per heavy atom. The van der Waals surface area contributed by atoms with E-state index in [1.807, 2.05) is 0 Å². The summed E-state index contributed by atoms with van der Waals surface area (Å²) >= 11 is 0. The maximum atomic E-state index is 12.9. The lowest BCUT2D eigenvalue weighted by Gasteiger charge is -2.21. The van der Waals surface area contributed by atoms with Crippen molar-refractivity contribution >= 4 is 33.4 Å². The molecule has 0 spiro atoms. The molecule has 68 heavy (non-hydrogen) atoms. The molecule has 392 valence electrons. The molecule has 3 heterocycles. The number of nitrogens with two attached hydrogens (primary N) is 1. The van der Waals surface area contributed by atoms with Gasteiger partial charge in [0.25, 0.3) is 0 Å². The number of rotatable bonds is 40. The molecule has 5 unspecified atom stereocenters. The molecule has 3 rings (SSSR count). The van der Waals surface area contributed by atoms with Crippen LogP contribution in [0, 0.1) is 5.92 Å². The number of unbranched alkanes of at least 4 members (excludes halogenated alkanes) is 16. The average Bonchev–Trinajstić information content (AvgIpc) is 3.98. The fourth-order valence-electron chi connectivity index (χ4n) is 7.88. The summed E-state index contributed by atoms with van der Waals surface area (Å²) in [6, 6.07) is 1.25. The van der Waals surface area contributed by atoms with E-state index < -0.39 is 83.7 Å². The normalized spacial score (nSPS) is 23.0. The molecule has 0 aromatic carbocycles. The van der Waals surface area contributed by atoms with E-state index in [-0.39, 0.29) is 18.7 Å². The number of carbonyl (C=O) groups excluding carboxylic acids is 2. The monoisotopic (exact) mass is 1010 g/mol. The number of hydrogen-bond donors (Lipinski definition) is 5. The van der Waals surface area contributed by atoms with E-state index in [9.17, 15) is 43.5 Å². The Bertz CT molecular complexity index is 1770. The number of esters is 2. The number of anilines is 1. The van der Waals surface area contributed by atoms with Crippen LogP contribution >= 0.6 is 15.6 Å². The van der Waals surface area contributed by atoms with Crippen LogP contribution in [-0.4, -0.2) is 97.9 Å². The third-order valence-corrected chi connectivity index (χ3v) is 14.9. The molecule has 1 aromatic heterocycles. The van der Waals surface area contributed by atoms with E-state index in [4.69, 9.17) is 33.7 Å². The largest absolute Gasteiger partial charge is 0.481 e. The van der Waals surface area contributed by atoms with Gasteiger partial charge in [-0.1, -0.05) is 142 Å². The van der Waals surface area contributed by atoms with Gasteiger partial charge in [-0.25, -0.2) is 13.9 Å². The quantitative estimate of drug-likeness (QED) is 0.0135. The second-order valence-corrected chi connectivity index (χ2v) is 21.3. The van der Waals surface area contributed by atoms with Crippen molar-refractivity contribution in [3.63, 3.8) is 0 Å². The van der Waals surface area contributed by atoms with Crippen LogP contribution in [0.2, 0.25) is 0 Å². The predicted molar refractivity (Wildman–Crippen MR) is 256 cm³/mol. The zero-order valence-electron chi connectivity index (χ0n) is 40.8. The molecule has 6 N–H and O–H groups in total. The Morgan fingerprint density at radius 1 is 0.779 bits per heavy atom. The summed E-state index contributed by atoms with van der Waals surface area (Å²) in [7, 11) is -10.8. The summed E-state index contributed by atoms with van der Waals surface area (Å²) in [5.74, 6) is -0.506. The Labute approximate surface area is 403 Å². The number of epoxide rings is 1. The minimum absolute atomic E-state index is 0.0322. The van der Waals surface area contributed by atoms with Crippen molar-refractivity contribution in [2.75, 3.05) is 25.6 Å². The first-order chi connectivity index (χ1) is 32.5. The molecule has 0 bridgehead atoms. The molecule has 2 aliphatic rings. The number of nitrogen functional groups attached to an aromatic ring is 1. The Morgan fingerprint density at radius 3 is 2.04 bits per heavy atom. The smallest absolute Gasteiger partial charge is 0.462 e. The molecule has 19 nitrogen and oxygen atoms in total. The van der Waals surface area contributed by atoms with Crippen molar-refractivity contribution in [3.05, 3.63) is 34.9 Å². The minimum atomic E-state index is -5.43. The van der Waals surface area contributed by atoms with Gasteiger partial charge < -0.3 is 44.7 Å². The van der Waals surface area contributed by atoms with Gasteiger partial charge in [0.05, 0.1) is 25.4 Å². The van der Waals surface area contributed by atoms with E-state index in [1.165, 1.54) is 70.3 Å². The third kappa shape index (κ3) is 25.5. The summed E-state index contributed by atoms with van der Waals surface area (Å²) in [5, 5.41) is 20.9. The van der Waals surface area contributed by atoms with Crippen LogP contribution in [0.1, 0.15) is 188 Å². The van der Waals surface area contributed by atoms with Gasteiger partial charge in [-0.2, -0.15) is 9.29 Å². The fourth-order valence-corrected chi connectivity index (χ4v) is 9.99. The number of nitrogens with zero attached hydrogens (tertiary/aromatic N) is 2. The number of aliphatic hydroxyl groups excluding tert-OH is 2. The highest BCUT2D eigenvalue weighted by atomic mass is 31.3. The van der Waals surface area contributed by atoms with E-state index >= 15 is 0 Å². The van der Waals surface area contributed by atoms with Crippen LogP contribution < -0.4 is 11.4 Å². The second kappa shape index (κ2) is 33.2. The van der Waals surface area contributed by atoms with Gasteiger partial charge in [0.2, 0.25) is 0 Å². The van der Waals surface area contributed by atoms with Crippen molar-refractivity contribution in [1.82, 2.24) is 9.55 Å². The standard InChI is InChI=1S/C47H83N3O16P2/c1-4-6-21-27-38-39(64-38)28-23-18-14-11-12-16-20-25-30-43(52)63-37(33-60-42(51)29-24-19-15-10-8-7-9-13-17-22-26-36(3)5-2)34-61-67(56,57)66-68(58,59)62-35-40-44(53)45(54)46(65-40)50-32-31-41(48)49-47(50)55/h18,23,31-32,36-40,44-46,53-54H,4-17,19-22,24-30,33-35H2,1-3H3,(H,56,57)(H,58,59)(H2,48,49,55)/b23-18-/t36?,37-,38?,39?,40-,44-,45-,46-/m1/s1. The maximum absolute atomic E-state index is 12.9. The van der Waals surface area contributed by atoms with E-state index in [1.54, 1.807) is 0 Å². The summed E-state index contributed by atoms with van der Waals surface area (Å²) in [4.78, 5) is 61.9. The van der Waals surface area contributed by atoms with Crippen molar-refractivity contribution < 1.29 is 71.0 Å². The highest BCUT2D eigenvalue weighted by Gasteiger charge is 2.46. The number of hydrogen-bond acceptors (Lipinski definition) is 16. The summed E-state index contributed by atoms with van der Waals surface area (Å²) in [5.41, 5.74) is 4.59. The van der Waals surface area contributed by atoms with E-state index in [0.717, 1.165) is 87.3 Å². The summed E-state index contributed by atoms with van der Waals surface area (Å²) < 4.78 is 62.5. The van der Waals surface area contributed by atoms with E-state index in [0.29, 0.717) is 25.0 Å². The van der Waals surface area contributed by atoms with Crippen molar-refractivity contribution in [1.29, 1.82) is 0 Å². The lowest BCUT2D eigenvalue weighted by Crippen LogP contribution is -2.36. The molecular formula is C47H83N3O16P2. The molecule has 2 saturated heterocycles. The minimum Gasteiger partial charge on any atom is -0.462 e. The second-order valence-electron chi connectivity index (χ2n) is 18.3. The highest BCUT2D eigenvalue weighted by molar-refractivity contribution is 7.61. The number of ether oxygens (including phenoxy) is 4. The zero-order valence-corrected chi connectivity index (χ0v) is 42.6. The van der Waals surface area contributed by atoms with Crippen LogP contribution in [0.25, 0.3) is 0 Å². The number of phosphoric acid groups is 2. The number of aliphatic hydroxyl groups is 2. The molecule has 0 aliphatic carbocycles. The first-order valence-electron chi connectivity index (χ1n) is 25.2. The number of aromatic nitrogens is 2. The van der Waals surface area contributed by atoms with Gasteiger partial charge >= 0.3 is 33.3 Å². The topological polar surface area (TPSA) is 278 Å². The molecule has 2 aliphatic heterocycles. The van der Waals surface area contributed by atoms with Crippen LogP contribution in [0.5, 0.6) is 0 Å². The first-order valence-corrected chi connectivity index (χ1v) is 28.2. The summed E-state index contributed by atoms with van der Waals surface area (Å²) in [6.07, 6.45) is 23.2. The molecule has 10 atom stereocenters. The lowest BCUT2D eigenvalue weighted by molar-refractivity contribution is -0.161. The number of allylic oxidation sites excluding steroid dienone is 1. The lowest BCUT2D eigenvalue weighted by atomic mass is 9.99. The van der Waals surface area contributed by atoms with Gasteiger partial charge in [-0.3, -0.25) is 23.2 Å². The van der Waals surface area contributed by atoms with Crippen LogP contribution in [0.3, 0.4) is 0 Å². The maximum Gasteiger partial charge on any atom is 0.481 e. The fraction of sp³-hybridized carbons (Fsp3) is 0.830. The summed E-state index contributed by atoms with van der Waals surface area (Å²) in [6.45, 7) is 4.43. The van der Waals surface area contributed by atoms with Gasteiger partial charge in [-0.15, -0.1) is 0 Å². The van der Waals surface area contributed by atoms with Crippen LogP contribution in [0.4, 0.5) is 5.82 Å². The molecule has 1 aromatic rings. The Balaban J connectivity index is 1.40. The van der Waals surface area contributed by atoms with Gasteiger partial charge in [0, 0.05) is 19.0 Å². The SMILES string of the molecule is CCCCCC1OC1C/C=C\CCCCCCCC(=O)O[C@H](COC(=O)CCCCCCCCCCCCC(C)CC)COP(=O)(O)OP(=O)(O)OC[C@H]1O[C@@H](n2ccc(N)nc2=O)[C@H](O)[C@@H]1O. The molecular weight excluding hydrogens is 924 g/mol. The first kappa shape index (κ1) is 59.8. The third-order valence-electron chi connectivity index (χ3n) is 12.3. The van der Waals surface area contributed by atoms with Crippen LogP contribution in [-0.2, 0) is 51.0 Å². The van der Waals surface area contributed by atoms with Crippen LogP contribution in [0.15, 0.2) is 29.2 Å². The zero-order chi connectivity index (χ0) is 49.8. The predicted octanol–water partition coefficient (Wildman–Crippen LogP) is 8.90. The Kier molecular flexibility index (Phi) is 29.2. The molecule has 0 saturated carbocycles. The van der Waals surface area contributed by atoms with Crippen molar-refractivity contribution in [2.24, 2.45) is 5.92 Å². The van der Waals surface area contributed by atoms with Crippen molar-refractivity contribution in [3.8, 4) is 0 Å². The number of phosphoric ester groups is 2. The molecule has 0 amide bonds. The molecule has 2 fully saturated rings. The molecule has 0 radical (unpaired) electrons. The highest BCUT2D eigenvalue weighted by Crippen LogP contribution is 2.60. The van der Waals surface area contributed by atoms with E-state index in [2.05, 4.69) is 42.2 Å². The molecule has 21 heteroatoms. The average molecular weight is 1010 g/mol. The van der Waals surface area contributed by atoms with Crippen molar-refractivity contribution in [2.45, 2.75) is 224 Å². The number of carbonyl (C=O) groups is 2. The van der Waals surface area contributed by atoms with Gasteiger partial charge in [-0.05, 0) is 50.5 Å². The Hall–Kier alpha value is -2.54.